The maximum atomic E-state index is 13.6. The van der Waals surface area contributed by atoms with E-state index in [9.17, 15) is 34.8 Å². The number of alkyl halides is 6. The van der Waals surface area contributed by atoms with E-state index < -0.39 is 39.0 Å². The van der Waals surface area contributed by atoms with Crippen molar-refractivity contribution in [2.24, 2.45) is 0 Å². The summed E-state index contributed by atoms with van der Waals surface area (Å²) in [4.78, 5) is 8.84. The number of aromatic nitrogens is 3. The summed E-state index contributed by atoms with van der Waals surface area (Å²) in [5.41, 5.74) is -2.53. The normalized spacial score (nSPS) is 13.2. The van der Waals surface area contributed by atoms with Crippen molar-refractivity contribution in [2.75, 3.05) is 0 Å². The van der Waals surface area contributed by atoms with E-state index >= 15 is 0 Å². The quantitative estimate of drug-likeness (QED) is 0.267. The highest BCUT2D eigenvalue weighted by Gasteiger charge is 2.33. The van der Waals surface area contributed by atoms with Crippen LogP contribution in [-0.2, 0) is 22.4 Å². The summed E-state index contributed by atoms with van der Waals surface area (Å²) in [5.74, 6) is -0.174. The van der Waals surface area contributed by atoms with Gasteiger partial charge in [0.15, 0.2) is 0 Å². The average molecular weight is 575 g/mol. The largest absolute Gasteiger partial charge is 0.416 e. The summed E-state index contributed by atoms with van der Waals surface area (Å²) >= 11 is 0.934. The summed E-state index contributed by atoms with van der Waals surface area (Å²) in [7, 11) is -3.79. The van der Waals surface area contributed by atoms with Crippen LogP contribution in [0.15, 0.2) is 65.3 Å². The van der Waals surface area contributed by atoms with Crippen molar-refractivity contribution in [1.29, 1.82) is 0 Å². The number of hydrogen-bond acceptors (Lipinski definition) is 5. The third-order valence-corrected chi connectivity index (χ3v) is 8.39. The van der Waals surface area contributed by atoms with Gasteiger partial charge in [0.2, 0.25) is 0 Å². The Morgan fingerprint density at radius 3 is 2.05 bits per heavy atom. The van der Waals surface area contributed by atoms with Crippen LogP contribution in [-0.4, -0.2) is 28.5 Å². The molecular weight excluding hydrogens is 554 g/mol. The molecule has 0 amide bonds. The van der Waals surface area contributed by atoms with Crippen molar-refractivity contribution in [3.8, 4) is 27.6 Å². The number of rotatable bonds is 5. The van der Waals surface area contributed by atoms with Crippen molar-refractivity contribution in [2.45, 2.75) is 42.9 Å². The van der Waals surface area contributed by atoms with Gasteiger partial charge in [-0.15, -0.1) is 11.3 Å². The van der Waals surface area contributed by atoms with Crippen LogP contribution < -0.4 is 4.72 Å². The lowest BCUT2D eigenvalue weighted by atomic mass is 10.1. The summed E-state index contributed by atoms with van der Waals surface area (Å²) in [6.07, 6.45) is -6.74. The molecule has 0 aliphatic heterocycles. The van der Waals surface area contributed by atoms with Crippen molar-refractivity contribution in [1.82, 2.24) is 19.3 Å². The number of nitrogens with one attached hydrogen (secondary N) is 1. The molecular formula is C24H20F6N4O2S2. The zero-order chi connectivity index (χ0) is 28.1. The lowest BCUT2D eigenvalue weighted by Gasteiger charge is -2.19. The van der Waals surface area contributed by atoms with Crippen molar-refractivity contribution in [3.63, 3.8) is 0 Å². The van der Waals surface area contributed by atoms with Gasteiger partial charge < -0.3 is 0 Å². The van der Waals surface area contributed by atoms with Gasteiger partial charge in [0.05, 0.1) is 27.4 Å². The van der Waals surface area contributed by atoms with Gasteiger partial charge in [-0.2, -0.15) is 26.3 Å². The minimum atomic E-state index is -4.75. The Hall–Kier alpha value is -3.23. The van der Waals surface area contributed by atoms with E-state index in [1.54, 1.807) is 20.8 Å². The Bertz CT molecular complexity index is 1560. The second-order valence-electron chi connectivity index (χ2n) is 9.31. The van der Waals surface area contributed by atoms with Gasteiger partial charge in [0.1, 0.15) is 16.4 Å². The lowest BCUT2D eigenvalue weighted by molar-refractivity contribution is -0.138. The molecule has 3 heterocycles. The molecule has 0 radical (unpaired) electrons. The fourth-order valence-electron chi connectivity index (χ4n) is 3.42. The molecule has 0 saturated carbocycles. The van der Waals surface area contributed by atoms with Gasteiger partial charge in [-0.05, 0) is 57.2 Å². The van der Waals surface area contributed by atoms with Crippen molar-refractivity contribution in [3.05, 3.63) is 72.2 Å². The van der Waals surface area contributed by atoms with Crippen LogP contribution in [0.4, 0.5) is 26.3 Å². The smallest absolute Gasteiger partial charge is 0.290 e. The molecule has 4 aromatic rings. The molecule has 4 rings (SSSR count). The molecule has 0 spiro atoms. The average Bonchev–Trinajstić information content (AvgIpc) is 3.46. The van der Waals surface area contributed by atoms with E-state index in [4.69, 9.17) is 0 Å². The molecule has 3 aromatic heterocycles. The molecule has 6 nitrogen and oxygen atoms in total. The first-order chi connectivity index (χ1) is 17.4. The van der Waals surface area contributed by atoms with Gasteiger partial charge in [0.25, 0.3) is 10.0 Å². The number of benzene rings is 1. The molecule has 0 fully saturated rings. The summed E-state index contributed by atoms with van der Waals surface area (Å²) < 4.78 is 109. The molecule has 38 heavy (non-hydrogen) atoms. The minimum absolute atomic E-state index is 0.0405. The molecule has 0 atom stereocenters. The number of halogens is 6. The predicted molar refractivity (Wildman–Crippen MR) is 130 cm³/mol. The minimum Gasteiger partial charge on any atom is -0.290 e. The summed E-state index contributed by atoms with van der Waals surface area (Å²) in [6, 6.07) is 8.10. The molecule has 0 bridgehead atoms. The molecule has 0 saturated heterocycles. The van der Waals surface area contributed by atoms with Gasteiger partial charge >= 0.3 is 12.4 Å². The molecule has 202 valence electrons. The predicted octanol–water partition coefficient (Wildman–Crippen LogP) is 6.78. The van der Waals surface area contributed by atoms with E-state index in [-0.39, 0.29) is 21.3 Å². The second kappa shape index (κ2) is 9.50. The van der Waals surface area contributed by atoms with E-state index in [1.807, 2.05) is 0 Å². The highest BCUT2D eigenvalue weighted by Crippen LogP contribution is 2.35. The van der Waals surface area contributed by atoms with E-state index in [2.05, 4.69) is 14.7 Å². The maximum absolute atomic E-state index is 13.6. The van der Waals surface area contributed by atoms with Gasteiger partial charge in [-0.3, -0.25) is 4.57 Å². The van der Waals surface area contributed by atoms with Crippen LogP contribution in [0.5, 0.6) is 0 Å². The first-order valence-electron chi connectivity index (χ1n) is 10.9. The lowest BCUT2D eigenvalue weighted by Crippen LogP contribution is -2.40. The Kier molecular flexibility index (Phi) is 6.95. The van der Waals surface area contributed by atoms with Crippen LogP contribution in [0.3, 0.4) is 0 Å². The fourth-order valence-corrected chi connectivity index (χ4v) is 6.11. The highest BCUT2D eigenvalue weighted by atomic mass is 32.2. The first-order valence-corrected chi connectivity index (χ1v) is 13.2. The molecule has 0 aliphatic carbocycles. The summed E-state index contributed by atoms with van der Waals surface area (Å²) in [5, 5.41) is 0. The highest BCUT2D eigenvalue weighted by molar-refractivity contribution is 7.91. The van der Waals surface area contributed by atoms with E-state index in [0.717, 1.165) is 47.7 Å². The first kappa shape index (κ1) is 27.8. The van der Waals surface area contributed by atoms with E-state index in [1.165, 1.54) is 29.2 Å². The van der Waals surface area contributed by atoms with Gasteiger partial charge in [-0.1, -0.05) is 12.1 Å². The molecule has 14 heteroatoms. The molecule has 1 N–H and O–H groups in total. The monoisotopic (exact) mass is 574 g/mol. The van der Waals surface area contributed by atoms with Crippen molar-refractivity contribution < 1.29 is 34.8 Å². The Morgan fingerprint density at radius 2 is 1.47 bits per heavy atom. The molecule has 0 aliphatic rings. The Balaban J connectivity index is 1.71. The third kappa shape index (κ3) is 6.25. The van der Waals surface area contributed by atoms with Crippen LogP contribution in [0, 0.1) is 0 Å². The SMILES string of the molecule is CC(C)(C)NS(=O)(=O)c1ccc(-c2cn(-c3cc(C(F)(F)F)cc(-c4ccc(C(F)(F)F)cc4)n3)cn2)s1. The number of hydrogen-bond donors (Lipinski definition) is 1. The number of thiophene rings is 1. The fraction of sp³-hybridized carbons (Fsp3) is 0.250. The maximum Gasteiger partial charge on any atom is 0.416 e. The summed E-state index contributed by atoms with van der Waals surface area (Å²) in [6.45, 7) is 5.09. The van der Waals surface area contributed by atoms with Crippen LogP contribution in [0.1, 0.15) is 31.9 Å². The number of pyridine rings is 1. The van der Waals surface area contributed by atoms with Crippen molar-refractivity contribution >= 4 is 21.4 Å². The standard InChI is InChI=1S/C24H20F6N4O2S2/c1-22(2,3)33-38(35,36)21-9-8-19(37-21)18-12-34(13-31-18)20-11-16(24(28,29)30)10-17(32-20)14-4-6-15(7-5-14)23(25,26)27/h4-13,33H,1-3H3. The topological polar surface area (TPSA) is 76.9 Å². The third-order valence-electron chi connectivity index (χ3n) is 5.03. The Labute approximate surface area is 218 Å². The van der Waals surface area contributed by atoms with Crippen LogP contribution in [0.2, 0.25) is 0 Å². The zero-order valence-corrected chi connectivity index (χ0v) is 21.6. The number of nitrogens with zero attached hydrogens (tertiary/aromatic N) is 3. The number of sulfonamides is 1. The van der Waals surface area contributed by atoms with Crippen LogP contribution in [0.25, 0.3) is 27.6 Å². The zero-order valence-electron chi connectivity index (χ0n) is 20.0. The van der Waals surface area contributed by atoms with Gasteiger partial charge in [0, 0.05) is 17.3 Å². The number of imidazole rings is 1. The van der Waals surface area contributed by atoms with E-state index in [0.29, 0.717) is 10.6 Å². The van der Waals surface area contributed by atoms with Gasteiger partial charge in [-0.25, -0.2) is 23.1 Å². The molecule has 0 unspecified atom stereocenters. The van der Waals surface area contributed by atoms with Crippen LogP contribution >= 0.6 is 11.3 Å². The molecule has 1 aromatic carbocycles. The second-order valence-corrected chi connectivity index (χ2v) is 12.3. The Morgan fingerprint density at radius 1 is 0.842 bits per heavy atom.